The number of ether oxygens (including phenoxy) is 3. The van der Waals surface area contributed by atoms with Gasteiger partial charge in [-0.25, -0.2) is 4.79 Å². The molecule has 2 N–H and O–H groups in total. The molecule has 3 heterocycles. The molecule has 32 heavy (non-hydrogen) atoms. The van der Waals surface area contributed by atoms with Crippen LogP contribution in [0.15, 0.2) is 18.2 Å². The fourth-order valence-electron chi connectivity index (χ4n) is 4.09. The fourth-order valence-corrected chi connectivity index (χ4v) is 4.09. The molecule has 1 aromatic carbocycles. The molecule has 0 aromatic heterocycles. The van der Waals surface area contributed by atoms with E-state index in [1.54, 1.807) is 0 Å². The van der Waals surface area contributed by atoms with Crippen molar-refractivity contribution in [3.05, 3.63) is 23.8 Å². The Bertz CT molecular complexity index is 818. The third-order valence-corrected chi connectivity index (χ3v) is 5.34. The van der Waals surface area contributed by atoms with Crippen LogP contribution in [0.5, 0.6) is 11.5 Å². The van der Waals surface area contributed by atoms with E-state index in [2.05, 4.69) is 22.3 Å². The highest BCUT2D eigenvalue weighted by Gasteiger charge is 2.42. The molecule has 1 aromatic rings. The van der Waals surface area contributed by atoms with E-state index in [1.807, 2.05) is 19.9 Å². The lowest BCUT2D eigenvalue weighted by atomic mass is 10.0. The van der Waals surface area contributed by atoms with Gasteiger partial charge in [0.05, 0.1) is 18.6 Å². The van der Waals surface area contributed by atoms with E-state index in [0.717, 1.165) is 37.6 Å². The van der Waals surface area contributed by atoms with E-state index in [0.29, 0.717) is 19.1 Å². The second-order valence-corrected chi connectivity index (χ2v) is 8.40. The first-order valence-electron chi connectivity index (χ1n) is 10.4. The number of hydrogen-bond acceptors (Lipinski definition) is 6. The predicted molar refractivity (Wildman–Crippen MR) is 106 cm³/mol. The van der Waals surface area contributed by atoms with Crippen molar-refractivity contribution in [2.45, 2.75) is 57.7 Å². The van der Waals surface area contributed by atoms with Gasteiger partial charge in [-0.3, -0.25) is 9.69 Å². The summed E-state index contributed by atoms with van der Waals surface area (Å²) in [5, 5.41) is 10.1. The number of nitrogens with one attached hydrogen (secondary N) is 1. The molecule has 3 aliphatic rings. The van der Waals surface area contributed by atoms with Gasteiger partial charge in [-0.1, -0.05) is 6.07 Å². The second-order valence-electron chi connectivity index (χ2n) is 8.40. The summed E-state index contributed by atoms with van der Waals surface area (Å²) in [6, 6.07) is 6.33. The largest absolute Gasteiger partial charge is 0.490 e. The molecular formula is C21H27F3N2O6. The van der Waals surface area contributed by atoms with Gasteiger partial charge in [0.15, 0.2) is 11.5 Å². The van der Waals surface area contributed by atoms with Crippen LogP contribution in [0.3, 0.4) is 0 Å². The van der Waals surface area contributed by atoms with Crippen molar-refractivity contribution in [3.8, 4) is 11.5 Å². The predicted octanol–water partition coefficient (Wildman–Crippen LogP) is 2.55. The number of nitrogens with zero attached hydrogens (tertiary/aromatic N) is 1. The molecule has 178 valence electrons. The SMILES string of the molecule is CC(C)NC(=O)C[C@@H]1C[C@H]2CN(Cc3ccc4c(c3)OCO4)C[C@H]2O1.O=C(O)C(F)(F)F. The Morgan fingerprint density at radius 2 is 1.91 bits per heavy atom. The summed E-state index contributed by atoms with van der Waals surface area (Å²) in [6.07, 6.45) is -3.30. The zero-order chi connectivity index (χ0) is 23.5. The lowest BCUT2D eigenvalue weighted by Gasteiger charge is -2.19. The number of carboxylic acid groups (broad SMARTS) is 1. The van der Waals surface area contributed by atoms with Crippen LogP contribution in [-0.4, -0.2) is 66.2 Å². The lowest BCUT2D eigenvalue weighted by molar-refractivity contribution is -0.192. The topological polar surface area (TPSA) is 97.3 Å². The second kappa shape index (κ2) is 9.95. The van der Waals surface area contributed by atoms with Crippen molar-refractivity contribution in [2.75, 3.05) is 19.9 Å². The average Bonchev–Trinajstić information content (AvgIpc) is 3.35. The van der Waals surface area contributed by atoms with Crippen LogP contribution in [0, 0.1) is 5.92 Å². The first-order chi connectivity index (χ1) is 15.0. The third-order valence-electron chi connectivity index (χ3n) is 5.34. The number of carbonyl (C=O) groups is 2. The number of aliphatic carboxylic acids is 1. The molecule has 3 aliphatic heterocycles. The number of fused-ring (bicyclic) bond motifs is 2. The number of likely N-dealkylation sites (tertiary alicyclic amines) is 1. The number of carbonyl (C=O) groups excluding carboxylic acids is 1. The van der Waals surface area contributed by atoms with Crippen molar-refractivity contribution in [1.29, 1.82) is 0 Å². The molecule has 4 rings (SSSR count). The molecule has 0 aliphatic carbocycles. The van der Waals surface area contributed by atoms with E-state index in [9.17, 15) is 18.0 Å². The summed E-state index contributed by atoms with van der Waals surface area (Å²) in [5.74, 6) is -0.465. The zero-order valence-electron chi connectivity index (χ0n) is 17.9. The van der Waals surface area contributed by atoms with Crippen LogP contribution in [0.2, 0.25) is 0 Å². The summed E-state index contributed by atoms with van der Waals surface area (Å²) in [4.78, 5) is 23.2. The van der Waals surface area contributed by atoms with Crippen LogP contribution in [0.25, 0.3) is 0 Å². The number of halogens is 3. The van der Waals surface area contributed by atoms with Gasteiger partial charge < -0.3 is 24.6 Å². The molecule has 3 atom stereocenters. The van der Waals surface area contributed by atoms with Gasteiger partial charge in [-0.05, 0) is 38.0 Å². The summed E-state index contributed by atoms with van der Waals surface area (Å²) in [7, 11) is 0. The van der Waals surface area contributed by atoms with E-state index in [4.69, 9.17) is 24.1 Å². The molecule has 0 unspecified atom stereocenters. The van der Waals surface area contributed by atoms with E-state index < -0.39 is 12.1 Å². The van der Waals surface area contributed by atoms with Gasteiger partial charge in [0, 0.05) is 31.6 Å². The minimum atomic E-state index is -5.08. The van der Waals surface area contributed by atoms with Crippen molar-refractivity contribution in [2.24, 2.45) is 5.92 Å². The molecule has 0 spiro atoms. The van der Waals surface area contributed by atoms with Gasteiger partial charge in [0.25, 0.3) is 0 Å². The Morgan fingerprint density at radius 3 is 2.53 bits per heavy atom. The Balaban J connectivity index is 0.000000360. The van der Waals surface area contributed by atoms with Crippen LogP contribution < -0.4 is 14.8 Å². The van der Waals surface area contributed by atoms with E-state index in [-0.39, 0.29) is 24.2 Å². The van der Waals surface area contributed by atoms with Gasteiger partial charge in [-0.15, -0.1) is 0 Å². The normalized spacial score (nSPS) is 24.1. The standard InChI is InChI=1S/C19H26N2O4.C2HF3O2/c1-12(2)20-19(22)7-15-6-14-9-21(10-18(14)25-15)8-13-3-4-16-17(5-13)24-11-23-16;3-2(4,5)1(6)7/h3-5,12,14-15,18H,6-11H2,1-2H3,(H,20,22);(H,6,7)/t14-,15-,18+;/m0./s1. The Hall–Kier alpha value is -2.53. The Labute approximate surface area is 183 Å². The van der Waals surface area contributed by atoms with Crippen molar-refractivity contribution < 1.29 is 42.1 Å². The summed E-state index contributed by atoms with van der Waals surface area (Å²) < 4.78 is 48.7. The van der Waals surface area contributed by atoms with Crippen LogP contribution >= 0.6 is 0 Å². The molecule has 2 saturated heterocycles. The number of benzene rings is 1. The Kier molecular flexibility index (Phi) is 7.50. The van der Waals surface area contributed by atoms with Gasteiger partial charge >= 0.3 is 12.1 Å². The number of alkyl halides is 3. The molecular weight excluding hydrogens is 433 g/mol. The number of hydrogen-bond donors (Lipinski definition) is 2. The molecule has 11 heteroatoms. The van der Waals surface area contributed by atoms with Gasteiger partial charge in [0.1, 0.15) is 0 Å². The van der Waals surface area contributed by atoms with Gasteiger partial charge in [0.2, 0.25) is 12.7 Å². The third kappa shape index (κ3) is 6.49. The lowest BCUT2D eigenvalue weighted by Crippen LogP contribution is -2.33. The molecule has 1 amide bonds. The van der Waals surface area contributed by atoms with Crippen molar-refractivity contribution in [3.63, 3.8) is 0 Å². The summed E-state index contributed by atoms with van der Waals surface area (Å²) >= 11 is 0. The number of carboxylic acids is 1. The van der Waals surface area contributed by atoms with Gasteiger partial charge in [-0.2, -0.15) is 13.2 Å². The summed E-state index contributed by atoms with van der Waals surface area (Å²) in [5.41, 5.74) is 1.23. The zero-order valence-corrected chi connectivity index (χ0v) is 17.9. The molecule has 2 fully saturated rings. The van der Waals surface area contributed by atoms with Crippen LogP contribution in [-0.2, 0) is 20.9 Å². The highest BCUT2D eigenvalue weighted by Crippen LogP contribution is 2.36. The minimum Gasteiger partial charge on any atom is -0.475 e. The van der Waals surface area contributed by atoms with Crippen LogP contribution in [0.4, 0.5) is 13.2 Å². The quantitative estimate of drug-likeness (QED) is 0.697. The maximum atomic E-state index is 11.9. The first kappa shape index (κ1) is 24.1. The molecule has 0 radical (unpaired) electrons. The highest BCUT2D eigenvalue weighted by atomic mass is 19.4. The molecule has 0 bridgehead atoms. The van der Waals surface area contributed by atoms with Crippen molar-refractivity contribution >= 4 is 11.9 Å². The average molecular weight is 460 g/mol. The van der Waals surface area contributed by atoms with Crippen LogP contribution in [0.1, 0.15) is 32.3 Å². The fraction of sp³-hybridized carbons (Fsp3) is 0.619. The van der Waals surface area contributed by atoms with Crippen molar-refractivity contribution in [1.82, 2.24) is 10.2 Å². The maximum absolute atomic E-state index is 11.9. The smallest absolute Gasteiger partial charge is 0.475 e. The maximum Gasteiger partial charge on any atom is 0.490 e. The summed E-state index contributed by atoms with van der Waals surface area (Å²) in [6.45, 7) is 7.13. The molecule has 8 nitrogen and oxygen atoms in total. The minimum absolute atomic E-state index is 0.0708. The first-order valence-corrected chi connectivity index (χ1v) is 10.4. The monoisotopic (exact) mass is 460 g/mol. The Morgan fingerprint density at radius 1 is 1.22 bits per heavy atom. The molecule has 0 saturated carbocycles. The number of rotatable bonds is 5. The highest BCUT2D eigenvalue weighted by molar-refractivity contribution is 5.76. The van der Waals surface area contributed by atoms with E-state index in [1.165, 1.54) is 5.56 Å². The van der Waals surface area contributed by atoms with E-state index >= 15 is 0 Å². The number of amides is 1.